The average Bonchev–Trinajstić information content (AvgIpc) is 3.01. The summed E-state index contributed by atoms with van der Waals surface area (Å²) in [6, 6.07) is 8.36. The lowest BCUT2D eigenvalue weighted by Crippen LogP contribution is -2.20. The highest BCUT2D eigenvalue weighted by Crippen LogP contribution is 2.29. The Bertz CT molecular complexity index is 528. The van der Waals surface area contributed by atoms with Crippen LogP contribution in [-0.4, -0.2) is 11.5 Å². The van der Waals surface area contributed by atoms with Crippen LogP contribution in [0.2, 0.25) is 0 Å². The average molecular weight is 270 g/mol. The van der Waals surface area contributed by atoms with Crippen molar-refractivity contribution in [2.24, 2.45) is 11.8 Å². The molecule has 1 N–H and O–H groups in total. The van der Waals surface area contributed by atoms with Crippen molar-refractivity contribution in [3.05, 3.63) is 36.9 Å². The van der Waals surface area contributed by atoms with Crippen molar-refractivity contribution in [1.29, 1.82) is 0 Å². The maximum absolute atomic E-state index is 5.34. The van der Waals surface area contributed by atoms with Crippen molar-refractivity contribution in [3.63, 3.8) is 0 Å². The first-order chi connectivity index (χ1) is 9.81. The van der Waals surface area contributed by atoms with Crippen molar-refractivity contribution >= 4 is 5.69 Å². The third-order valence-electron chi connectivity index (χ3n) is 4.31. The predicted octanol–water partition coefficient (Wildman–Crippen LogP) is 4.58. The van der Waals surface area contributed by atoms with Gasteiger partial charge in [0.05, 0.1) is 6.20 Å². The fraction of sp³-hybridized carbons (Fsp3) is 0.471. The molecular formula is C17H22N2O. The molecule has 0 radical (unpaired) electrons. The molecule has 0 aliphatic heterocycles. The fourth-order valence-electron chi connectivity index (χ4n) is 2.94. The largest absolute Gasteiger partial charge is 0.444 e. The minimum absolute atomic E-state index is 0.820. The second-order valence-corrected chi connectivity index (χ2v) is 5.95. The molecule has 1 aromatic heterocycles. The van der Waals surface area contributed by atoms with E-state index in [0.29, 0.717) is 0 Å². The van der Waals surface area contributed by atoms with E-state index in [-0.39, 0.29) is 0 Å². The molecule has 3 rings (SSSR count). The number of aromatic nitrogens is 1. The van der Waals surface area contributed by atoms with Gasteiger partial charge in [0.15, 0.2) is 12.2 Å². The van der Waals surface area contributed by atoms with Gasteiger partial charge in [-0.05, 0) is 36.8 Å². The third-order valence-corrected chi connectivity index (χ3v) is 4.31. The van der Waals surface area contributed by atoms with Crippen LogP contribution in [0.15, 0.2) is 41.3 Å². The summed E-state index contributed by atoms with van der Waals surface area (Å²) < 4.78 is 5.34. The van der Waals surface area contributed by atoms with E-state index in [1.54, 1.807) is 6.20 Å². The van der Waals surface area contributed by atoms with Crippen LogP contribution in [0.5, 0.6) is 0 Å². The number of nitrogens with zero attached hydrogens (tertiary/aromatic N) is 1. The lowest BCUT2D eigenvalue weighted by Gasteiger charge is -2.26. The summed E-state index contributed by atoms with van der Waals surface area (Å²) >= 11 is 0. The minimum atomic E-state index is 0.820. The number of rotatable bonds is 4. The van der Waals surface area contributed by atoms with Gasteiger partial charge in [-0.25, -0.2) is 4.98 Å². The lowest BCUT2D eigenvalue weighted by molar-refractivity contribution is 0.300. The Kier molecular flexibility index (Phi) is 4.05. The van der Waals surface area contributed by atoms with Gasteiger partial charge in [0.25, 0.3) is 0 Å². The highest BCUT2D eigenvalue weighted by atomic mass is 16.3. The summed E-state index contributed by atoms with van der Waals surface area (Å²) in [7, 11) is 0. The van der Waals surface area contributed by atoms with Crippen LogP contribution in [0.1, 0.15) is 32.6 Å². The van der Waals surface area contributed by atoms with Gasteiger partial charge in [0, 0.05) is 17.8 Å². The van der Waals surface area contributed by atoms with Crippen LogP contribution < -0.4 is 5.32 Å². The maximum Gasteiger partial charge on any atom is 0.181 e. The summed E-state index contributed by atoms with van der Waals surface area (Å²) in [4.78, 5) is 3.97. The van der Waals surface area contributed by atoms with Gasteiger partial charge in [-0.3, -0.25) is 0 Å². The SMILES string of the molecule is CC1CCC(CNc2cccc(-c3cnco3)c2)CC1. The molecule has 1 aromatic carbocycles. The summed E-state index contributed by atoms with van der Waals surface area (Å²) in [5, 5.41) is 3.57. The van der Waals surface area contributed by atoms with Crippen LogP contribution in [-0.2, 0) is 0 Å². The highest BCUT2D eigenvalue weighted by Gasteiger charge is 2.17. The fourth-order valence-corrected chi connectivity index (χ4v) is 2.94. The molecule has 0 spiro atoms. The first kappa shape index (κ1) is 13.2. The molecule has 1 aliphatic carbocycles. The number of anilines is 1. The van der Waals surface area contributed by atoms with Crippen molar-refractivity contribution in [2.45, 2.75) is 32.6 Å². The Hall–Kier alpha value is -1.77. The Morgan fingerprint density at radius 3 is 2.85 bits per heavy atom. The molecule has 0 unspecified atom stereocenters. The molecule has 1 heterocycles. The van der Waals surface area contributed by atoms with Gasteiger partial charge in [0.2, 0.25) is 0 Å². The second kappa shape index (κ2) is 6.12. The van der Waals surface area contributed by atoms with E-state index in [1.807, 2.05) is 6.07 Å². The van der Waals surface area contributed by atoms with Crippen LogP contribution in [0.3, 0.4) is 0 Å². The Morgan fingerprint density at radius 2 is 2.10 bits per heavy atom. The highest BCUT2D eigenvalue weighted by molar-refractivity contribution is 5.63. The molecule has 1 saturated carbocycles. The molecule has 0 atom stereocenters. The summed E-state index contributed by atoms with van der Waals surface area (Å²) in [6.45, 7) is 3.44. The van der Waals surface area contributed by atoms with Crippen molar-refractivity contribution in [3.8, 4) is 11.3 Å². The number of hydrogen-bond donors (Lipinski definition) is 1. The zero-order valence-corrected chi connectivity index (χ0v) is 12.0. The Balaban J connectivity index is 1.59. The molecule has 0 amide bonds. The number of oxazole rings is 1. The van der Waals surface area contributed by atoms with E-state index < -0.39 is 0 Å². The van der Waals surface area contributed by atoms with Crippen LogP contribution >= 0.6 is 0 Å². The Labute approximate surface area is 120 Å². The summed E-state index contributed by atoms with van der Waals surface area (Å²) in [6.07, 6.45) is 8.70. The van der Waals surface area contributed by atoms with Crippen molar-refractivity contribution in [2.75, 3.05) is 11.9 Å². The molecule has 0 bridgehead atoms. The van der Waals surface area contributed by atoms with E-state index >= 15 is 0 Å². The van der Waals surface area contributed by atoms with Crippen molar-refractivity contribution < 1.29 is 4.42 Å². The van der Waals surface area contributed by atoms with Gasteiger partial charge in [-0.1, -0.05) is 31.9 Å². The van der Waals surface area contributed by atoms with Crippen molar-refractivity contribution in [1.82, 2.24) is 4.98 Å². The standard InChI is InChI=1S/C17H22N2O/c1-13-5-7-14(8-6-13)10-19-16-4-2-3-15(9-16)17-11-18-12-20-17/h2-4,9,11-14,19H,5-8,10H2,1H3. The van der Waals surface area contributed by atoms with E-state index in [4.69, 9.17) is 4.42 Å². The molecule has 1 fully saturated rings. The number of hydrogen-bond acceptors (Lipinski definition) is 3. The molecular weight excluding hydrogens is 248 g/mol. The van der Waals surface area contributed by atoms with Gasteiger partial charge in [0.1, 0.15) is 0 Å². The van der Waals surface area contributed by atoms with E-state index in [0.717, 1.165) is 35.4 Å². The van der Waals surface area contributed by atoms with Gasteiger partial charge >= 0.3 is 0 Å². The van der Waals surface area contributed by atoms with Gasteiger partial charge in [-0.2, -0.15) is 0 Å². The van der Waals surface area contributed by atoms with Crippen LogP contribution in [0.4, 0.5) is 5.69 Å². The predicted molar refractivity (Wildman–Crippen MR) is 81.6 cm³/mol. The van der Waals surface area contributed by atoms with Gasteiger partial charge in [-0.15, -0.1) is 0 Å². The smallest absolute Gasteiger partial charge is 0.181 e. The third kappa shape index (κ3) is 3.21. The molecule has 1 aliphatic rings. The normalized spacial score (nSPS) is 22.6. The Morgan fingerprint density at radius 1 is 1.25 bits per heavy atom. The molecule has 3 nitrogen and oxygen atoms in total. The maximum atomic E-state index is 5.34. The summed E-state index contributed by atoms with van der Waals surface area (Å²) in [5.41, 5.74) is 2.24. The monoisotopic (exact) mass is 270 g/mol. The first-order valence-electron chi connectivity index (χ1n) is 7.54. The number of benzene rings is 1. The molecule has 20 heavy (non-hydrogen) atoms. The summed E-state index contributed by atoms with van der Waals surface area (Å²) in [5.74, 6) is 2.56. The molecule has 106 valence electrons. The van der Waals surface area contributed by atoms with E-state index in [2.05, 4.69) is 35.4 Å². The first-order valence-corrected chi connectivity index (χ1v) is 7.54. The topological polar surface area (TPSA) is 38.1 Å². The van der Waals surface area contributed by atoms with Crippen LogP contribution in [0.25, 0.3) is 11.3 Å². The molecule has 0 saturated heterocycles. The quantitative estimate of drug-likeness (QED) is 0.883. The zero-order valence-electron chi connectivity index (χ0n) is 12.0. The minimum Gasteiger partial charge on any atom is -0.444 e. The zero-order chi connectivity index (χ0) is 13.8. The van der Waals surface area contributed by atoms with E-state index in [9.17, 15) is 0 Å². The second-order valence-electron chi connectivity index (χ2n) is 5.95. The molecule has 2 aromatic rings. The number of nitrogens with one attached hydrogen (secondary N) is 1. The van der Waals surface area contributed by atoms with Gasteiger partial charge < -0.3 is 9.73 Å². The van der Waals surface area contributed by atoms with Crippen LogP contribution in [0, 0.1) is 11.8 Å². The lowest BCUT2D eigenvalue weighted by atomic mass is 9.83. The molecule has 3 heteroatoms. The van der Waals surface area contributed by atoms with E-state index in [1.165, 1.54) is 32.1 Å².